The molecule has 148 valence electrons. The van der Waals surface area contributed by atoms with Gasteiger partial charge in [-0.15, -0.1) is 0 Å². The predicted molar refractivity (Wildman–Crippen MR) is 116 cm³/mol. The third-order valence-electron chi connectivity index (χ3n) is 4.08. The number of thiocarbonyl (C=S) groups is 1. The summed E-state index contributed by atoms with van der Waals surface area (Å²) in [4.78, 5) is 12.0. The first-order chi connectivity index (χ1) is 13.7. The van der Waals surface area contributed by atoms with Gasteiger partial charge in [0.15, 0.2) is 0 Å². The topological polar surface area (TPSA) is 70.6 Å². The zero-order chi connectivity index (χ0) is 20.0. The van der Waals surface area contributed by atoms with Crippen LogP contribution in [0.4, 0.5) is 0 Å². The molecule has 0 aromatic heterocycles. The van der Waals surface area contributed by atoms with Gasteiger partial charge in [0.25, 0.3) is 0 Å². The molecule has 0 atom stereocenters. The molecule has 2 aromatic rings. The van der Waals surface area contributed by atoms with Gasteiger partial charge in [-0.25, -0.2) is 0 Å². The molecule has 6 heteroatoms. The fraction of sp³-hybridized carbons (Fsp3) is 0.273. The van der Waals surface area contributed by atoms with Crippen molar-refractivity contribution in [2.24, 2.45) is 0 Å². The van der Waals surface area contributed by atoms with Crippen molar-refractivity contribution in [3.05, 3.63) is 71.8 Å². The SMILES string of the molecule is O=C(/C=C/c1ccccc1)NCCCCCCOc1ccc(C(=S)NO)cc1. The lowest BCUT2D eigenvalue weighted by molar-refractivity contribution is -0.116. The van der Waals surface area contributed by atoms with Crippen molar-refractivity contribution < 1.29 is 14.7 Å². The average molecular weight is 399 g/mol. The fourth-order valence-corrected chi connectivity index (χ4v) is 2.68. The van der Waals surface area contributed by atoms with Gasteiger partial charge in [0, 0.05) is 18.2 Å². The van der Waals surface area contributed by atoms with Crippen molar-refractivity contribution >= 4 is 29.2 Å². The van der Waals surface area contributed by atoms with E-state index in [9.17, 15) is 4.79 Å². The minimum atomic E-state index is -0.0634. The van der Waals surface area contributed by atoms with Crippen LogP contribution in [0, 0.1) is 0 Å². The van der Waals surface area contributed by atoms with Gasteiger partial charge in [0.2, 0.25) is 5.91 Å². The molecule has 0 aliphatic carbocycles. The van der Waals surface area contributed by atoms with E-state index in [0.29, 0.717) is 13.2 Å². The van der Waals surface area contributed by atoms with Crippen molar-refractivity contribution in [1.29, 1.82) is 0 Å². The van der Waals surface area contributed by atoms with E-state index in [1.165, 1.54) is 0 Å². The Morgan fingerprint density at radius 1 is 1.00 bits per heavy atom. The quantitative estimate of drug-likeness (QED) is 0.230. The van der Waals surface area contributed by atoms with E-state index in [4.69, 9.17) is 22.2 Å². The maximum atomic E-state index is 11.7. The van der Waals surface area contributed by atoms with Crippen molar-refractivity contribution in [1.82, 2.24) is 10.8 Å². The van der Waals surface area contributed by atoms with Crippen LogP contribution in [0.5, 0.6) is 5.75 Å². The van der Waals surface area contributed by atoms with Gasteiger partial charge >= 0.3 is 0 Å². The molecule has 0 saturated carbocycles. The van der Waals surface area contributed by atoms with Crippen LogP contribution in [0.25, 0.3) is 6.08 Å². The van der Waals surface area contributed by atoms with E-state index < -0.39 is 0 Å². The number of carbonyl (C=O) groups is 1. The number of benzene rings is 2. The second kappa shape index (κ2) is 12.6. The van der Waals surface area contributed by atoms with Crippen LogP contribution < -0.4 is 15.5 Å². The normalized spacial score (nSPS) is 10.6. The Balaban J connectivity index is 1.50. The molecule has 1 amide bonds. The molecule has 0 bridgehead atoms. The number of hydrogen-bond acceptors (Lipinski definition) is 4. The number of carbonyl (C=O) groups excluding carboxylic acids is 1. The summed E-state index contributed by atoms with van der Waals surface area (Å²) in [5.74, 6) is 0.716. The van der Waals surface area contributed by atoms with E-state index in [1.807, 2.05) is 54.0 Å². The summed E-state index contributed by atoms with van der Waals surface area (Å²) in [5, 5.41) is 11.7. The molecule has 2 aromatic carbocycles. The minimum Gasteiger partial charge on any atom is -0.494 e. The van der Waals surface area contributed by atoms with Crippen LogP contribution in [-0.4, -0.2) is 29.3 Å². The third-order valence-corrected chi connectivity index (χ3v) is 4.41. The van der Waals surface area contributed by atoms with Gasteiger partial charge in [0.1, 0.15) is 10.7 Å². The van der Waals surface area contributed by atoms with E-state index in [1.54, 1.807) is 18.2 Å². The molecule has 0 unspecified atom stereocenters. The second-order valence-electron chi connectivity index (χ2n) is 6.26. The first kappa shape index (κ1) is 21.6. The molecule has 0 aliphatic heterocycles. The summed E-state index contributed by atoms with van der Waals surface area (Å²) in [5.41, 5.74) is 3.71. The van der Waals surface area contributed by atoms with Gasteiger partial charge < -0.3 is 10.1 Å². The number of hydrogen-bond donors (Lipinski definition) is 3. The zero-order valence-corrected chi connectivity index (χ0v) is 16.6. The van der Waals surface area contributed by atoms with Crippen LogP contribution >= 0.6 is 12.2 Å². The molecule has 2 rings (SSSR count). The van der Waals surface area contributed by atoms with Crippen molar-refractivity contribution in [3.63, 3.8) is 0 Å². The molecule has 0 heterocycles. The van der Waals surface area contributed by atoms with Crippen LogP contribution in [0.2, 0.25) is 0 Å². The average Bonchev–Trinajstić information content (AvgIpc) is 2.74. The molecular formula is C22H26N2O3S. The first-order valence-corrected chi connectivity index (χ1v) is 9.78. The number of amides is 1. The highest BCUT2D eigenvalue weighted by Crippen LogP contribution is 2.13. The van der Waals surface area contributed by atoms with Gasteiger partial charge in [-0.2, -0.15) is 0 Å². The Morgan fingerprint density at radius 2 is 1.71 bits per heavy atom. The predicted octanol–water partition coefficient (Wildman–Crippen LogP) is 4.11. The Kier molecular flexibility index (Phi) is 9.75. The van der Waals surface area contributed by atoms with Crippen molar-refractivity contribution in [3.8, 4) is 5.75 Å². The van der Waals surface area contributed by atoms with Crippen molar-refractivity contribution in [2.75, 3.05) is 13.2 Å². The van der Waals surface area contributed by atoms with Gasteiger partial charge in [-0.3, -0.25) is 15.5 Å². The highest BCUT2D eigenvalue weighted by molar-refractivity contribution is 7.80. The van der Waals surface area contributed by atoms with Gasteiger partial charge in [-0.05, 0) is 48.7 Å². The van der Waals surface area contributed by atoms with Crippen LogP contribution in [0.3, 0.4) is 0 Å². The monoisotopic (exact) mass is 398 g/mol. The van der Waals surface area contributed by atoms with Gasteiger partial charge in [0.05, 0.1) is 6.61 Å². The first-order valence-electron chi connectivity index (χ1n) is 9.37. The maximum absolute atomic E-state index is 11.7. The molecule has 0 saturated heterocycles. The van der Waals surface area contributed by atoms with E-state index in [2.05, 4.69) is 5.32 Å². The summed E-state index contributed by atoms with van der Waals surface area (Å²) in [6.07, 6.45) is 7.38. The molecule has 0 spiro atoms. The zero-order valence-electron chi connectivity index (χ0n) is 15.8. The standard InChI is InChI=1S/C22H26N2O3S/c25-21(15-10-18-8-4-3-5-9-18)23-16-6-1-2-7-17-27-20-13-11-19(12-14-20)22(28)24-26/h3-5,8-15,26H,1-2,6-7,16-17H2,(H,23,25)(H,24,28)/b15-10+. The molecular weight excluding hydrogens is 372 g/mol. The number of ether oxygens (including phenoxy) is 1. The van der Waals surface area contributed by atoms with Crippen LogP contribution in [-0.2, 0) is 4.79 Å². The molecule has 3 N–H and O–H groups in total. The lowest BCUT2D eigenvalue weighted by Gasteiger charge is -2.07. The third kappa shape index (κ3) is 8.33. The van der Waals surface area contributed by atoms with Crippen LogP contribution in [0.15, 0.2) is 60.7 Å². The Bertz CT molecular complexity index is 761. The Hall–Kier alpha value is -2.70. The summed E-state index contributed by atoms with van der Waals surface area (Å²) >= 11 is 4.94. The maximum Gasteiger partial charge on any atom is 0.243 e. The fourth-order valence-electron chi connectivity index (χ4n) is 2.54. The van der Waals surface area contributed by atoms with Crippen molar-refractivity contribution in [2.45, 2.75) is 25.7 Å². The second-order valence-corrected chi connectivity index (χ2v) is 6.67. The van der Waals surface area contributed by atoms with Gasteiger partial charge in [-0.1, -0.05) is 55.4 Å². The summed E-state index contributed by atoms with van der Waals surface area (Å²) in [7, 11) is 0. The molecule has 5 nitrogen and oxygen atoms in total. The number of unbranched alkanes of at least 4 members (excludes halogenated alkanes) is 3. The van der Waals surface area contributed by atoms with E-state index in [-0.39, 0.29) is 10.9 Å². The molecule has 0 fully saturated rings. The largest absolute Gasteiger partial charge is 0.494 e. The highest BCUT2D eigenvalue weighted by atomic mass is 32.1. The summed E-state index contributed by atoms with van der Waals surface area (Å²) < 4.78 is 5.69. The minimum absolute atomic E-state index is 0.0634. The molecule has 0 radical (unpaired) electrons. The molecule has 28 heavy (non-hydrogen) atoms. The Morgan fingerprint density at radius 3 is 2.43 bits per heavy atom. The number of hydroxylamine groups is 1. The number of rotatable bonds is 11. The lowest BCUT2D eigenvalue weighted by atomic mass is 10.2. The van der Waals surface area contributed by atoms with Crippen LogP contribution in [0.1, 0.15) is 36.8 Å². The molecule has 0 aliphatic rings. The number of nitrogens with one attached hydrogen (secondary N) is 2. The smallest absolute Gasteiger partial charge is 0.243 e. The highest BCUT2D eigenvalue weighted by Gasteiger charge is 2.00. The Labute approximate surface area is 171 Å². The van der Waals surface area contributed by atoms with E-state index in [0.717, 1.165) is 42.6 Å². The summed E-state index contributed by atoms with van der Waals surface area (Å²) in [6, 6.07) is 17.0. The summed E-state index contributed by atoms with van der Waals surface area (Å²) in [6.45, 7) is 1.33. The lowest BCUT2D eigenvalue weighted by Crippen LogP contribution is -2.21. The van der Waals surface area contributed by atoms with E-state index >= 15 is 0 Å².